The smallest absolute Gasteiger partial charge is 0.0498 e. The molecule has 0 aliphatic carbocycles. The van der Waals surface area contributed by atoms with E-state index in [4.69, 9.17) is 0 Å². The Bertz CT molecular complexity index is 529. The molecule has 0 spiro atoms. The number of nitrogens with one attached hydrogen (secondary N) is 1. The molecule has 0 atom stereocenters. The van der Waals surface area contributed by atoms with E-state index in [0.717, 1.165) is 21.2 Å². The number of benzene rings is 2. The molecule has 88 valence electrons. The van der Waals surface area contributed by atoms with Crippen molar-refractivity contribution >= 4 is 60.1 Å². The van der Waals surface area contributed by atoms with E-state index in [2.05, 4.69) is 90.1 Å². The molecule has 1 N–H and O–H groups in total. The topological polar surface area (TPSA) is 12.0 Å². The van der Waals surface area contributed by atoms with Crippen molar-refractivity contribution in [1.29, 1.82) is 0 Å². The number of hydrogen-bond donors (Lipinski definition) is 1. The van der Waals surface area contributed by atoms with E-state index in [-0.39, 0.29) is 0 Å². The van der Waals surface area contributed by atoms with Gasteiger partial charge in [0.25, 0.3) is 0 Å². The number of anilines is 1. The van der Waals surface area contributed by atoms with Crippen LogP contribution in [0.3, 0.4) is 0 Å². The summed E-state index contributed by atoms with van der Waals surface area (Å²) >= 11 is 9.33. The predicted molar refractivity (Wildman–Crippen MR) is 88.3 cm³/mol. The molecule has 1 nitrogen and oxygen atoms in total. The molecule has 2 aromatic carbocycles. The summed E-state index contributed by atoms with van der Waals surface area (Å²) < 4.78 is 3.41. The molecule has 0 radical (unpaired) electrons. The molecule has 2 rings (SSSR count). The molecule has 2 aromatic rings. The summed E-state index contributed by atoms with van der Waals surface area (Å²) in [6, 6.07) is 14.6. The molecule has 0 fully saturated rings. The lowest BCUT2D eigenvalue weighted by Gasteiger charge is -2.09. The fraction of sp³-hybridized carbons (Fsp3) is 0.0769. The van der Waals surface area contributed by atoms with Crippen molar-refractivity contribution in [3.63, 3.8) is 0 Å². The zero-order valence-electron chi connectivity index (χ0n) is 8.88. The molecule has 17 heavy (non-hydrogen) atoms. The Morgan fingerprint density at radius 1 is 1.06 bits per heavy atom. The first-order valence-corrected chi connectivity index (χ1v) is 7.75. The van der Waals surface area contributed by atoms with Gasteiger partial charge in [-0.1, -0.05) is 28.1 Å². The van der Waals surface area contributed by atoms with E-state index in [1.54, 1.807) is 0 Å². The summed E-state index contributed by atoms with van der Waals surface area (Å²) in [4.78, 5) is 0. The third-order valence-corrected chi connectivity index (χ3v) is 4.16. The van der Waals surface area contributed by atoms with Gasteiger partial charge in [0.1, 0.15) is 0 Å². The molecule has 0 bridgehead atoms. The van der Waals surface area contributed by atoms with E-state index in [1.165, 1.54) is 9.13 Å². The molecule has 0 aliphatic rings. The highest BCUT2D eigenvalue weighted by atomic mass is 127. The van der Waals surface area contributed by atoms with Crippen molar-refractivity contribution in [2.45, 2.75) is 6.54 Å². The molecule has 0 unspecified atom stereocenters. The van der Waals surface area contributed by atoms with Crippen LogP contribution in [0.5, 0.6) is 0 Å². The third-order valence-electron chi connectivity index (χ3n) is 2.30. The second-order valence-corrected chi connectivity index (χ2v) is 6.62. The number of halogens is 3. The summed E-state index contributed by atoms with van der Waals surface area (Å²) in [7, 11) is 0. The van der Waals surface area contributed by atoms with Crippen LogP contribution in [0.1, 0.15) is 5.56 Å². The van der Waals surface area contributed by atoms with Crippen LogP contribution in [0.2, 0.25) is 0 Å². The van der Waals surface area contributed by atoms with Crippen molar-refractivity contribution in [3.05, 3.63) is 60.5 Å². The Morgan fingerprint density at radius 3 is 2.65 bits per heavy atom. The van der Waals surface area contributed by atoms with Crippen LogP contribution in [0.4, 0.5) is 5.69 Å². The lowest BCUT2D eigenvalue weighted by Crippen LogP contribution is -2.00. The average molecular weight is 467 g/mol. The zero-order chi connectivity index (χ0) is 12.3. The highest BCUT2D eigenvalue weighted by molar-refractivity contribution is 14.1. The quantitative estimate of drug-likeness (QED) is 0.595. The Kier molecular flexibility index (Phi) is 4.87. The molecular formula is C13H10Br2IN. The monoisotopic (exact) mass is 465 g/mol. The molecule has 0 amide bonds. The minimum Gasteiger partial charge on any atom is -0.380 e. The average Bonchev–Trinajstić information content (AvgIpc) is 2.30. The summed E-state index contributed by atoms with van der Waals surface area (Å²) in [5, 5.41) is 3.42. The maximum atomic E-state index is 3.53. The predicted octanol–water partition coefficient (Wildman–Crippen LogP) is 5.43. The third kappa shape index (κ3) is 3.96. The van der Waals surface area contributed by atoms with Crippen LogP contribution >= 0.6 is 54.5 Å². The van der Waals surface area contributed by atoms with Gasteiger partial charge < -0.3 is 5.32 Å². The van der Waals surface area contributed by atoms with Gasteiger partial charge in [0.2, 0.25) is 0 Å². The summed E-state index contributed by atoms with van der Waals surface area (Å²) in [6.45, 7) is 0.825. The van der Waals surface area contributed by atoms with Crippen molar-refractivity contribution in [3.8, 4) is 0 Å². The van der Waals surface area contributed by atoms with Crippen molar-refractivity contribution in [2.24, 2.45) is 0 Å². The van der Waals surface area contributed by atoms with Gasteiger partial charge in [-0.15, -0.1) is 0 Å². The fourth-order valence-corrected chi connectivity index (χ4v) is 2.83. The van der Waals surface area contributed by atoms with Gasteiger partial charge in [-0.05, 0) is 74.4 Å². The minimum absolute atomic E-state index is 0.825. The highest BCUT2D eigenvalue weighted by Gasteiger charge is 2.00. The van der Waals surface area contributed by atoms with E-state index < -0.39 is 0 Å². The summed E-state index contributed by atoms with van der Waals surface area (Å²) in [5.41, 5.74) is 2.38. The van der Waals surface area contributed by atoms with E-state index >= 15 is 0 Å². The van der Waals surface area contributed by atoms with Crippen molar-refractivity contribution < 1.29 is 0 Å². The van der Waals surface area contributed by atoms with Crippen LogP contribution in [-0.2, 0) is 6.54 Å². The standard InChI is InChI=1S/C13H10Br2IN/c14-10-4-5-12(15)13(7-10)17-8-9-2-1-3-11(16)6-9/h1-7,17H,8H2. The van der Waals surface area contributed by atoms with Gasteiger partial charge in [0, 0.05) is 24.7 Å². The Morgan fingerprint density at radius 2 is 1.88 bits per heavy atom. The first-order chi connectivity index (χ1) is 8.15. The number of rotatable bonds is 3. The zero-order valence-corrected chi connectivity index (χ0v) is 14.2. The lowest BCUT2D eigenvalue weighted by molar-refractivity contribution is 1.14. The van der Waals surface area contributed by atoms with Crippen LogP contribution < -0.4 is 5.32 Å². The van der Waals surface area contributed by atoms with Crippen LogP contribution in [0.25, 0.3) is 0 Å². The van der Waals surface area contributed by atoms with E-state index in [1.807, 2.05) is 12.1 Å². The van der Waals surface area contributed by atoms with Gasteiger partial charge >= 0.3 is 0 Å². The molecule has 4 heteroatoms. The van der Waals surface area contributed by atoms with E-state index in [0.29, 0.717) is 0 Å². The Labute approximate surface area is 131 Å². The SMILES string of the molecule is Brc1ccc(Br)c(NCc2cccc(I)c2)c1. The maximum Gasteiger partial charge on any atom is 0.0498 e. The highest BCUT2D eigenvalue weighted by Crippen LogP contribution is 2.26. The molecule has 0 heterocycles. The van der Waals surface area contributed by atoms with Crippen molar-refractivity contribution in [1.82, 2.24) is 0 Å². The van der Waals surface area contributed by atoms with Gasteiger partial charge in [0.15, 0.2) is 0 Å². The molecule has 0 saturated carbocycles. The maximum absolute atomic E-state index is 3.53. The number of hydrogen-bond acceptors (Lipinski definition) is 1. The molecule has 0 aromatic heterocycles. The van der Waals surface area contributed by atoms with Gasteiger partial charge in [0.05, 0.1) is 0 Å². The molecule has 0 aliphatic heterocycles. The van der Waals surface area contributed by atoms with Crippen LogP contribution in [0, 0.1) is 3.57 Å². The van der Waals surface area contributed by atoms with E-state index in [9.17, 15) is 0 Å². The second-order valence-electron chi connectivity index (χ2n) is 3.61. The van der Waals surface area contributed by atoms with Gasteiger partial charge in [-0.3, -0.25) is 0 Å². The lowest BCUT2D eigenvalue weighted by atomic mass is 10.2. The van der Waals surface area contributed by atoms with Gasteiger partial charge in [-0.25, -0.2) is 0 Å². The fourth-order valence-electron chi connectivity index (χ4n) is 1.48. The molecular weight excluding hydrogens is 457 g/mol. The van der Waals surface area contributed by atoms with Crippen LogP contribution in [0.15, 0.2) is 51.4 Å². The Hall–Kier alpha value is -0.0700. The normalized spacial score (nSPS) is 10.3. The summed E-state index contributed by atoms with van der Waals surface area (Å²) in [5.74, 6) is 0. The second kappa shape index (κ2) is 6.20. The van der Waals surface area contributed by atoms with Crippen molar-refractivity contribution in [2.75, 3.05) is 5.32 Å². The summed E-state index contributed by atoms with van der Waals surface area (Å²) in [6.07, 6.45) is 0. The van der Waals surface area contributed by atoms with Gasteiger partial charge in [-0.2, -0.15) is 0 Å². The first kappa shape index (κ1) is 13.4. The molecule has 0 saturated heterocycles. The first-order valence-electron chi connectivity index (χ1n) is 5.08. The largest absolute Gasteiger partial charge is 0.380 e. The minimum atomic E-state index is 0.825. The van der Waals surface area contributed by atoms with Crippen LogP contribution in [-0.4, -0.2) is 0 Å². The Balaban J connectivity index is 2.09.